The van der Waals surface area contributed by atoms with Crippen LogP contribution in [0.2, 0.25) is 0 Å². The van der Waals surface area contributed by atoms with Gasteiger partial charge in [0.05, 0.1) is 17.4 Å². The zero-order valence-corrected chi connectivity index (χ0v) is 14.2. The number of amides is 2. The van der Waals surface area contributed by atoms with Crippen LogP contribution in [0.5, 0.6) is 0 Å². The first-order chi connectivity index (χ1) is 10.8. The van der Waals surface area contributed by atoms with Crippen LogP contribution < -0.4 is 4.72 Å². The molecule has 0 bridgehead atoms. The monoisotopic (exact) mass is 342 g/mol. The number of carbonyl (C=O) groups excluding carboxylic acids is 2. The molecule has 1 N–H and O–H groups in total. The topological polar surface area (TPSA) is 96.7 Å². The molecule has 0 aromatic carbocycles. The number of nitrogens with zero attached hydrogens (tertiary/aromatic N) is 1. The molecule has 2 amide bonds. The summed E-state index contributed by atoms with van der Waals surface area (Å²) in [5.74, 6) is -0.717. The standard InChI is InChI=1S/C15H22N2O5S/c1-3-10-23(20,21)16-14(19)15(2)7-5-8-17(11-15)13(18)12-6-4-9-22-12/h4,6,9H,3,5,7-8,10-11H2,1-2H3,(H,16,19). The fourth-order valence-corrected chi connectivity index (χ4v) is 3.91. The molecule has 8 heteroatoms. The van der Waals surface area contributed by atoms with Crippen molar-refractivity contribution in [3.05, 3.63) is 24.2 Å². The Morgan fingerprint density at radius 2 is 2.17 bits per heavy atom. The zero-order chi connectivity index (χ0) is 17.1. The Morgan fingerprint density at radius 3 is 2.78 bits per heavy atom. The molecule has 1 fully saturated rings. The maximum absolute atomic E-state index is 12.4. The van der Waals surface area contributed by atoms with Gasteiger partial charge >= 0.3 is 0 Å². The average Bonchev–Trinajstić information content (AvgIpc) is 3.00. The van der Waals surface area contributed by atoms with Crippen LogP contribution in [0.3, 0.4) is 0 Å². The predicted molar refractivity (Wildman–Crippen MR) is 84.2 cm³/mol. The lowest BCUT2D eigenvalue weighted by molar-refractivity contribution is -0.130. The quantitative estimate of drug-likeness (QED) is 0.872. The molecule has 0 spiro atoms. The van der Waals surface area contributed by atoms with Crippen LogP contribution >= 0.6 is 0 Å². The van der Waals surface area contributed by atoms with E-state index in [1.807, 2.05) is 0 Å². The van der Waals surface area contributed by atoms with Crippen LogP contribution in [0.4, 0.5) is 0 Å². The van der Waals surface area contributed by atoms with Crippen molar-refractivity contribution >= 4 is 21.8 Å². The number of hydrogen-bond donors (Lipinski definition) is 1. The largest absolute Gasteiger partial charge is 0.459 e. The van der Waals surface area contributed by atoms with E-state index >= 15 is 0 Å². The second-order valence-electron chi connectivity index (χ2n) is 6.12. The second kappa shape index (κ2) is 6.74. The van der Waals surface area contributed by atoms with E-state index in [0.29, 0.717) is 25.8 Å². The van der Waals surface area contributed by atoms with E-state index in [4.69, 9.17) is 4.42 Å². The van der Waals surface area contributed by atoms with Crippen molar-refractivity contribution in [2.24, 2.45) is 5.41 Å². The summed E-state index contributed by atoms with van der Waals surface area (Å²) in [4.78, 5) is 26.3. The first-order valence-corrected chi connectivity index (χ1v) is 9.30. The van der Waals surface area contributed by atoms with Gasteiger partial charge in [0.25, 0.3) is 5.91 Å². The summed E-state index contributed by atoms with van der Waals surface area (Å²) in [7, 11) is -3.62. The van der Waals surface area contributed by atoms with Crippen molar-refractivity contribution in [2.45, 2.75) is 33.1 Å². The highest BCUT2D eigenvalue weighted by atomic mass is 32.2. The number of piperidine rings is 1. The fraction of sp³-hybridized carbons (Fsp3) is 0.600. The molecule has 0 radical (unpaired) electrons. The van der Waals surface area contributed by atoms with Gasteiger partial charge in [-0.1, -0.05) is 6.92 Å². The average molecular weight is 342 g/mol. The number of rotatable bonds is 5. The summed E-state index contributed by atoms with van der Waals surface area (Å²) < 4.78 is 30.8. The summed E-state index contributed by atoms with van der Waals surface area (Å²) in [5, 5.41) is 0. The van der Waals surface area contributed by atoms with Crippen LogP contribution in [-0.4, -0.2) is 44.0 Å². The normalized spacial score (nSPS) is 21.9. The van der Waals surface area contributed by atoms with Gasteiger partial charge < -0.3 is 9.32 Å². The first kappa shape index (κ1) is 17.5. The van der Waals surface area contributed by atoms with Crippen molar-refractivity contribution in [3.8, 4) is 0 Å². The minimum Gasteiger partial charge on any atom is -0.459 e. The third-order valence-electron chi connectivity index (χ3n) is 3.98. The van der Waals surface area contributed by atoms with Crippen molar-refractivity contribution in [1.29, 1.82) is 0 Å². The van der Waals surface area contributed by atoms with Crippen LogP contribution in [0.25, 0.3) is 0 Å². The van der Waals surface area contributed by atoms with Gasteiger partial charge in [0.2, 0.25) is 15.9 Å². The fourth-order valence-electron chi connectivity index (χ4n) is 2.74. The summed E-state index contributed by atoms with van der Waals surface area (Å²) in [6.45, 7) is 4.10. The minimum absolute atomic E-state index is 0.0934. The Balaban J connectivity index is 2.09. The smallest absolute Gasteiger partial charge is 0.289 e. The highest BCUT2D eigenvalue weighted by Crippen LogP contribution is 2.30. The predicted octanol–water partition coefficient (Wildman–Crippen LogP) is 1.38. The first-order valence-electron chi connectivity index (χ1n) is 7.65. The summed E-state index contributed by atoms with van der Waals surface area (Å²) in [5.41, 5.74) is -0.929. The van der Waals surface area contributed by atoms with Crippen molar-refractivity contribution in [3.63, 3.8) is 0 Å². The Bertz CT molecular complexity index is 668. The SMILES string of the molecule is CCCS(=O)(=O)NC(=O)C1(C)CCCN(C(=O)c2ccco2)C1. The zero-order valence-electron chi connectivity index (χ0n) is 13.4. The summed E-state index contributed by atoms with van der Waals surface area (Å²) in [6, 6.07) is 3.19. The number of nitrogens with one attached hydrogen (secondary N) is 1. The molecule has 1 unspecified atom stereocenters. The van der Waals surface area contributed by atoms with E-state index in [1.165, 1.54) is 11.2 Å². The number of hydrogen-bond acceptors (Lipinski definition) is 5. The lowest BCUT2D eigenvalue weighted by Gasteiger charge is -2.38. The molecule has 1 atom stereocenters. The third kappa shape index (κ3) is 4.13. The Hall–Kier alpha value is -1.83. The van der Waals surface area contributed by atoms with Gasteiger partial charge in [-0.2, -0.15) is 0 Å². The molecular weight excluding hydrogens is 320 g/mol. The number of furan rings is 1. The van der Waals surface area contributed by atoms with Crippen LogP contribution in [0.15, 0.2) is 22.8 Å². The van der Waals surface area contributed by atoms with E-state index < -0.39 is 21.3 Å². The molecule has 1 aromatic heterocycles. The molecule has 2 heterocycles. The Labute approximate surface area is 136 Å². The van der Waals surface area contributed by atoms with Crippen molar-refractivity contribution in [2.75, 3.05) is 18.8 Å². The lowest BCUT2D eigenvalue weighted by atomic mass is 9.81. The molecule has 128 valence electrons. The molecule has 1 aromatic rings. The number of sulfonamides is 1. The minimum atomic E-state index is -3.62. The molecule has 2 rings (SSSR count). The Morgan fingerprint density at radius 1 is 1.43 bits per heavy atom. The molecule has 1 saturated heterocycles. The Kier molecular flexibility index (Phi) is 5.13. The van der Waals surface area contributed by atoms with E-state index in [-0.39, 0.29) is 24.0 Å². The van der Waals surface area contributed by atoms with E-state index in [9.17, 15) is 18.0 Å². The van der Waals surface area contributed by atoms with Gasteiger partial charge in [-0.25, -0.2) is 8.42 Å². The molecule has 0 saturated carbocycles. The van der Waals surface area contributed by atoms with Gasteiger partial charge in [0.1, 0.15) is 0 Å². The molecule has 0 aliphatic carbocycles. The summed E-state index contributed by atoms with van der Waals surface area (Å²) >= 11 is 0. The van der Waals surface area contributed by atoms with Gasteiger partial charge in [-0.15, -0.1) is 0 Å². The van der Waals surface area contributed by atoms with Gasteiger partial charge in [-0.05, 0) is 38.3 Å². The van der Waals surface area contributed by atoms with E-state index in [2.05, 4.69) is 4.72 Å². The lowest BCUT2D eigenvalue weighted by Crippen LogP contribution is -2.53. The van der Waals surface area contributed by atoms with Crippen molar-refractivity contribution in [1.82, 2.24) is 9.62 Å². The molecule has 7 nitrogen and oxygen atoms in total. The molecule has 1 aliphatic heterocycles. The molecule has 23 heavy (non-hydrogen) atoms. The highest BCUT2D eigenvalue weighted by Gasteiger charge is 2.41. The summed E-state index contributed by atoms with van der Waals surface area (Å²) in [6.07, 6.45) is 3.01. The highest BCUT2D eigenvalue weighted by molar-refractivity contribution is 7.90. The van der Waals surface area contributed by atoms with Crippen molar-refractivity contribution < 1.29 is 22.4 Å². The second-order valence-corrected chi connectivity index (χ2v) is 7.96. The maximum Gasteiger partial charge on any atom is 0.289 e. The van der Waals surface area contributed by atoms with Gasteiger partial charge in [-0.3, -0.25) is 14.3 Å². The van der Waals surface area contributed by atoms with Crippen LogP contribution in [-0.2, 0) is 14.8 Å². The van der Waals surface area contributed by atoms with E-state index in [0.717, 1.165) is 0 Å². The third-order valence-corrected chi connectivity index (χ3v) is 5.43. The van der Waals surface area contributed by atoms with Crippen LogP contribution in [0, 0.1) is 5.41 Å². The number of likely N-dealkylation sites (tertiary alicyclic amines) is 1. The molecular formula is C15H22N2O5S. The van der Waals surface area contributed by atoms with Gasteiger partial charge in [0, 0.05) is 13.1 Å². The van der Waals surface area contributed by atoms with Gasteiger partial charge in [0.15, 0.2) is 5.76 Å². The molecule has 1 aliphatic rings. The maximum atomic E-state index is 12.4. The van der Waals surface area contributed by atoms with Crippen LogP contribution in [0.1, 0.15) is 43.7 Å². The number of carbonyl (C=O) groups is 2. The van der Waals surface area contributed by atoms with E-state index in [1.54, 1.807) is 26.0 Å².